The molecule has 1 aliphatic rings. The lowest BCUT2D eigenvalue weighted by Crippen LogP contribution is -2.44. The SMILES string of the molecule is CCC1(C)CC(CCNCc2ccc(OC(C)C)cc2)(CCC(C)C)CCO1. The molecule has 3 nitrogen and oxygen atoms in total. The van der Waals surface area contributed by atoms with Gasteiger partial charge in [-0.3, -0.25) is 0 Å². The predicted molar refractivity (Wildman–Crippen MR) is 119 cm³/mol. The van der Waals surface area contributed by atoms with E-state index >= 15 is 0 Å². The van der Waals surface area contributed by atoms with Crippen LogP contribution in [0.5, 0.6) is 5.75 Å². The summed E-state index contributed by atoms with van der Waals surface area (Å²) >= 11 is 0. The zero-order chi connectivity index (χ0) is 20.6. The lowest BCUT2D eigenvalue weighted by atomic mass is 9.67. The van der Waals surface area contributed by atoms with Crippen molar-refractivity contribution in [3.05, 3.63) is 29.8 Å². The van der Waals surface area contributed by atoms with Gasteiger partial charge < -0.3 is 14.8 Å². The zero-order valence-electron chi connectivity index (χ0n) is 19.1. The number of rotatable bonds is 11. The molecule has 28 heavy (non-hydrogen) atoms. The molecule has 1 aromatic rings. The molecular formula is C25H43NO2. The van der Waals surface area contributed by atoms with Crippen molar-refractivity contribution in [2.75, 3.05) is 13.2 Å². The third-order valence-electron chi connectivity index (χ3n) is 6.29. The summed E-state index contributed by atoms with van der Waals surface area (Å²) in [6, 6.07) is 8.49. The van der Waals surface area contributed by atoms with Crippen LogP contribution in [0.15, 0.2) is 24.3 Å². The van der Waals surface area contributed by atoms with Gasteiger partial charge in [-0.05, 0) is 88.4 Å². The van der Waals surface area contributed by atoms with Crippen LogP contribution in [0, 0.1) is 11.3 Å². The van der Waals surface area contributed by atoms with E-state index in [0.29, 0.717) is 5.41 Å². The number of hydrogen-bond acceptors (Lipinski definition) is 3. The first kappa shape index (κ1) is 23.2. The van der Waals surface area contributed by atoms with E-state index in [1.54, 1.807) is 0 Å². The fraction of sp³-hybridized carbons (Fsp3) is 0.760. The van der Waals surface area contributed by atoms with Gasteiger partial charge in [0.15, 0.2) is 0 Å². The average molecular weight is 390 g/mol. The molecule has 1 saturated heterocycles. The van der Waals surface area contributed by atoms with Crippen molar-refractivity contribution in [3.63, 3.8) is 0 Å². The van der Waals surface area contributed by atoms with Crippen LogP contribution in [0.25, 0.3) is 0 Å². The number of hydrogen-bond donors (Lipinski definition) is 1. The van der Waals surface area contributed by atoms with Crippen LogP contribution in [0.3, 0.4) is 0 Å². The van der Waals surface area contributed by atoms with E-state index in [-0.39, 0.29) is 11.7 Å². The van der Waals surface area contributed by atoms with Gasteiger partial charge >= 0.3 is 0 Å². The lowest BCUT2D eigenvalue weighted by molar-refractivity contribution is -0.122. The first-order valence-corrected chi connectivity index (χ1v) is 11.4. The standard InChI is InChI=1S/C25H43NO2/c1-7-24(6)19-25(15-17-27-24,13-12-20(2)3)14-16-26-18-22-8-10-23(11-9-22)28-21(4)5/h8-11,20-21,26H,7,12-19H2,1-6H3. The van der Waals surface area contributed by atoms with Crippen LogP contribution < -0.4 is 10.1 Å². The third-order valence-corrected chi connectivity index (χ3v) is 6.29. The minimum atomic E-state index is 0.0570. The zero-order valence-corrected chi connectivity index (χ0v) is 19.1. The predicted octanol–water partition coefficient (Wildman–Crippen LogP) is 6.36. The van der Waals surface area contributed by atoms with E-state index in [9.17, 15) is 0 Å². The first-order chi connectivity index (χ1) is 13.3. The molecule has 1 heterocycles. The molecule has 1 aromatic carbocycles. The van der Waals surface area contributed by atoms with Gasteiger partial charge in [-0.2, -0.15) is 0 Å². The minimum Gasteiger partial charge on any atom is -0.491 e. The smallest absolute Gasteiger partial charge is 0.119 e. The Morgan fingerprint density at radius 1 is 1.11 bits per heavy atom. The Morgan fingerprint density at radius 3 is 2.43 bits per heavy atom. The van der Waals surface area contributed by atoms with Gasteiger partial charge in [-0.25, -0.2) is 0 Å². The van der Waals surface area contributed by atoms with Crippen molar-refractivity contribution in [3.8, 4) is 5.75 Å². The van der Waals surface area contributed by atoms with Crippen LogP contribution in [-0.2, 0) is 11.3 Å². The molecule has 0 amide bonds. The van der Waals surface area contributed by atoms with Gasteiger partial charge in [0.05, 0.1) is 11.7 Å². The van der Waals surface area contributed by atoms with Gasteiger partial charge in [-0.1, -0.05) is 39.3 Å². The van der Waals surface area contributed by atoms with Gasteiger partial charge in [-0.15, -0.1) is 0 Å². The monoisotopic (exact) mass is 389 g/mol. The first-order valence-electron chi connectivity index (χ1n) is 11.4. The Hall–Kier alpha value is -1.06. The summed E-state index contributed by atoms with van der Waals surface area (Å²) in [6.45, 7) is 16.3. The fourth-order valence-electron chi connectivity index (χ4n) is 4.36. The molecule has 2 atom stereocenters. The molecule has 0 bridgehead atoms. The molecule has 0 aliphatic carbocycles. The molecule has 0 saturated carbocycles. The number of benzene rings is 1. The van der Waals surface area contributed by atoms with Crippen molar-refractivity contribution in [1.29, 1.82) is 0 Å². The Kier molecular flexibility index (Phi) is 8.82. The summed E-state index contributed by atoms with van der Waals surface area (Å²) in [5.74, 6) is 1.72. The van der Waals surface area contributed by atoms with Gasteiger partial charge in [0.2, 0.25) is 0 Å². The number of nitrogens with one attached hydrogen (secondary N) is 1. The highest BCUT2D eigenvalue weighted by Gasteiger charge is 2.41. The summed E-state index contributed by atoms with van der Waals surface area (Å²) in [4.78, 5) is 0. The second-order valence-corrected chi connectivity index (χ2v) is 9.75. The Morgan fingerprint density at radius 2 is 1.82 bits per heavy atom. The van der Waals surface area contributed by atoms with Crippen molar-refractivity contribution in [1.82, 2.24) is 5.32 Å². The highest BCUT2D eigenvalue weighted by atomic mass is 16.5. The molecule has 0 aromatic heterocycles. The molecule has 160 valence electrons. The van der Waals surface area contributed by atoms with Crippen LogP contribution in [-0.4, -0.2) is 24.9 Å². The maximum absolute atomic E-state index is 6.16. The molecule has 0 radical (unpaired) electrons. The quantitative estimate of drug-likeness (QED) is 0.447. The van der Waals surface area contributed by atoms with Gasteiger partial charge in [0.25, 0.3) is 0 Å². The van der Waals surface area contributed by atoms with E-state index in [4.69, 9.17) is 9.47 Å². The average Bonchev–Trinajstić information content (AvgIpc) is 2.65. The Bertz CT molecular complexity index is 568. The highest BCUT2D eigenvalue weighted by Crippen LogP contribution is 2.46. The molecule has 3 heteroatoms. The summed E-state index contributed by atoms with van der Waals surface area (Å²) in [5, 5.41) is 3.69. The largest absolute Gasteiger partial charge is 0.491 e. The lowest BCUT2D eigenvalue weighted by Gasteiger charge is -2.47. The fourth-order valence-corrected chi connectivity index (χ4v) is 4.36. The van der Waals surface area contributed by atoms with E-state index in [0.717, 1.165) is 37.8 Å². The summed E-state index contributed by atoms with van der Waals surface area (Å²) in [7, 11) is 0. The van der Waals surface area contributed by atoms with E-state index in [2.05, 4.69) is 71.1 Å². The summed E-state index contributed by atoms with van der Waals surface area (Å²) in [5.41, 5.74) is 1.80. The molecule has 2 rings (SSSR count). The molecule has 1 N–H and O–H groups in total. The van der Waals surface area contributed by atoms with Crippen LogP contribution in [0.4, 0.5) is 0 Å². The Labute approximate surface area is 173 Å². The Balaban J connectivity index is 1.87. The molecule has 2 unspecified atom stereocenters. The molecule has 1 aliphatic heterocycles. The normalized spacial score (nSPS) is 25.4. The van der Waals surface area contributed by atoms with E-state index in [1.165, 1.54) is 37.7 Å². The summed E-state index contributed by atoms with van der Waals surface area (Å²) < 4.78 is 11.9. The van der Waals surface area contributed by atoms with Crippen molar-refractivity contribution >= 4 is 0 Å². The highest BCUT2D eigenvalue weighted by molar-refractivity contribution is 5.27. The van der Waals surface area contributed by atoms with Crippen molar-refractivity contribution < 1.29 is 9.47 Å². The maximum atomic E-state index is 6.16. The second-order valence-electron chi connectivity index (χ2n) is 9.75. The summed E-state index contributed by atoms with van der Waals surface area (Å²) in [6.07, 6.45) is 7.62. The van der Waals surface area contributed by atoms with Gasteiger partial charge in [0, 0.05) is 13.2 Å². The van der Waals surface area contributed by atoms with Crippen LogP contribution >= 0.6 is 0 Å². The van der Waals surface area contributed by atoms with E-state index in [1.807, 2.05) is 0 Å². The van der Waals surface area contributed by atoms with Crippen LogP contribution in [0.1, 0.15) is 85.6 Å². The maximum Gasteiger partial charge on any atom is 0.119 e. The van der Waals surface area contributed by atoms with Crippen molar-refractivity contribution in [2.24, 2.45) is 11.3 Å². The second kappa shape index (κ2) is 10.6. The van der Waals surface area contributed by atoms with Gasteiger partial charge in [0.1, 0.15) is 5.75 Å². The number of ether oxygens (including phenoxy) is 2. The van der Waals surface area contributed by atoms with Crippen LogP contribution in [0.2, 0.25) is 0 Å². The molecule has 1 fully saturated rings. The molecule has 0 spiro atoms. The van der Waals surface area contributed by atoms with E-state index < -0.39 is 0 Å². The topological polar surface area (TPSA) is 30.5 Å². The minimum absolute atomic E-state index is 0.0570. The van der Waals surface area contributed by atoms with Crippen molar-refractivity contribution in [2.45, 2.75) is 98.3 Å². The molecular weight excluding hydrogens is 346 g/mol. The third kappa shape index (κ3) is 7.40.